The maximum atomic E-state index is 12.2. The lowest BCUT2D eigenvalue weighted by Gasteiger charge is -2.13. The Morgan fingerprint density at radius 3 is 2.46 bits per heavy atom. The Bertz CT molecular complexity index is 896. The van der Waals surface area contributed by atoms with Crippen LogP contribution in [0.15, 0.2) is 71.3 Å². The van der Waals surface area contributed by atoms with Gasteiger partial charge >= 0.3 is 0 Å². The highest BCUT2D eigenvalue weighted by Crippen LogP contribution is 2.26. The third-order valence-corrected chi connectivity index (χ3v) is 3.71. The van der Waals surface area contributed by atoms with Crippen molar-refractivity contribution in [1.82, 2.24) is 0 Å². The van der Waals surface area contributed by atoms with E-state index in [9.17, 15) is 9.59 Å². The van der Waals surface area contributed by atoms with Gasteiger partial charge in [-0.05, 0) is 42.5 Å². The second-order valence-electron chi connectivity index (χ2n) is 5.39. The third kappa shape index (κ3) is 4.64. The van der Waals surface area contributed by atoms with E-state index in [2.05, 4.69) is 16.0 Å². The van der Waals surface area contributed by atoms with Crippen LogP contribution in [0.3, 0.4) is 0 Å². The summed E-state index contributed by atoms with van der Waals surface area (Å²) in [7, 11) is 0. The molecule has 0 saturated carbocycles. The van der Waals surface area contributed by atoms with Gasteiger partial charge in [0.25, 0.3) is 5.91 Å². The first-order chi connectivity index (χ1) is 12.6. The van der Waals surface area contributed by atoms with E-state index in [-0.39, 0.29) is 18.2 Å². The van der Waals surface area contributed by atoms with Gasteiger partial charge in [0, 0.05) is 10.7 Å². The fraction of sp³-hybridized carbons (Fsp3) is 0.0526. The molecule has 132 valence electrons. The Kier molecular flexibility index (Phi) is 5.56. The van der Waals surface area contributed by atoms with Crippen molar-refractivity contribution in [2.75, 3.05) is 22.5 Å². The lowest BCUT2D eigenvalue weighted by atomic mass is 10.2. The molecule has 1 heterocycles. The molecular weight excluding hydrogens is 354 g/mol. The molecule has 0 fully saturated rings. The van der Waals surface area contributed by atoms with Crippen LogP contribution in [0.25, 0.3) is 0 Å². The zero-order chi connectivity index (χ0) is 18.4. The molecule has 6 nitrogen and oxygen atoms in total. The standard InChI is InChI=1S/C19H16ClN3O3/c20-13-8-9-15(16(11-13)23-19(25)17-7-4-10-26-17)21-12-18(24)22-14-5-2-1-3-6-14/h1-11,21H,12H2,(H,22,24)(H,23,25). The van der Waals surface area contributed by atoms with Crippen LogP contribution >= 0.6 is 11.6 Å². The van der Waals surface area contributed by atoms with E-state index in [1.807, 2.05) is 18.2 Å². The summed E-state index contributed by atoms with van der Waals surface area (Å²) >= 11 is 6.01. The number of para-hydroxylation sites is 1. The number of anilines is 3. The van der Waals surface area contributed by atoms with Crippen molar-refractivity contribution in [2.24, 2.45) is 0 Å². The van der Waals surface area contributed by atoms with Crippen LogP contribution in [-0.4, -0.2) is 18.4 Å². The number of carbonyl (C=O) groups excluding carboxylic acids is 2. The van der Waals surface area contributed by atoms with Crippen molar-refractivity contribution in [2.45, 2.75) is 0 Å². The number of amides is 2. The van der Waals surface area contributed by atoms with Crippen LogP contribution in [0.5, 0.6) is 0 Å². The number of carbonyl (C=O) groups is 2. The Balaban J connectivity index is 1.65. The van der Waals surface area contributed by atoms with E-state index >= 15 is 0 Å². The van der Waals surface area contributed by atoms with Gasteiger partial charge in [-0.25, -0.2) is 0 Å². The fourth-order valence-corrected chi connectivity index (χ4v) is 2.44. The van der Waals surface area contributed by atoms with Crippen LogP contribution in [0, 0.1) is 0 Å². The summed E-state index contributed by atoms with van der Waals surface area (Å²) in [6.45, 7) is 0.0279. The predicted octanol–water partition coefficient (Wildman–Crippen LogP) is 4.24. The van der Waals surface area contributed by atoms with E-state index in [0.29, 0.717) is 22.1 Å². The molecule has 1 aromatic heterocycles. The van der Waals surface area contributed by atoms with Crippen molar-refractivity contribution in [3.05, 3.63) is 77.7 Å². The second-order valence-corrected chi connectivity index (χ2v) is 5.83. The van der Waals surface area contributed by atoms with Gasteiger partial charge in [0.1, 0.15) is 0 Å². The molecule has 0 spiro atoms. The molecule has 0 aliphatic rings. The lowest BCUT2D eigenvalue weighted by Crippen LogP contribution is -2.22. The molecule has 0 unspecified atom stereocenters. The lowest BCUT2D eigenvalue weighted by molar-refractivity contribution is -0.114. The SMILES string of the molecule is O=C(CNc1ccc(Cl)cc1NC(=O)c1ccco1)Nc1ccccc1. The van der Waals surface area contributed by atoms with Gasteiger partial charge in [0.2, 0.25) is 5.91 Å². The number of hydrogen-bond donors (Lipinski definition) is 3. The van der Waals surface area contributed by atoms with E-state index in [1.165, 1.54) is 6.26 Å². The Labute approximate surface area is 155 Å². The molecule has 2 aromatic carbocycles. The van der Waals surface area contributed by atoms with Crippen molar-refractivity contribution in [3.63, 3.8) is 0 Å². The van der Waals surface area contributed by atoms with Gasteiger partial charge in [-0.2, -0.15) is 0 Å². The van der Waals surface area contributed by atoms with Gasteiger partial charge in [0.05, 0.1) is 24.2 Å². The average Bonchev–Trinajstić information content (AvgIpc) is 3.17. The number of rotatable bonds is 6. The Hall–Kier alpha value is -3.25. The quantitative estimate of drug-likeness (QED) is 0.607. The van der Waals surface area contributed by atoms with Crippen molar-refractivity contribution in [3.8, 4) is 0 Å². The zero-order valence-corrected chi connectivity index (χ0v) is 14.4. The van der Waals surface area contributed by atoms with Gasteiger partial charge in [-0.3, -0.25) is 9.59 Å². The topological polar surface area (TPSA) is 83.4 Å². The highest BCUT2D eigenvalue weighted by atomic mass is 35.5. The number of furan rings is 1. The summed E-state index contributed by atoms with van der Waals surface area (Å²) in [4.78, 5) is 24.2. The number of benzene rings is 2. The maximum Gasteiger partial charge on any atom is 0.291 e. The van der Waals surface area contributed by atoms with Crippen LogP contribution < -0.4 is 16.0 Å². The minimum Gasteiger partial charge on any atom is -0.459 e. The first-order valence-corrected chi connectivity index (χ1v) is 8.23. The molecule has 0 radical (unpaired) electrons. The Morgan fingerprint density at radius 1 is 0.923 bits per heavy atom. The number of halogens is 1. The highest BCUT2D eigenvalue weighted by Gasteiger charge is 2.12. The highest BCUT2D eigenvalue weighted by molar-refractivity contribution is 6.31. The average molecular weight is 370 g/mol. The molecule has 2 amide bonds. The zero-order valence-electron chi connectivity index (χ0n) is 13.7. The molecule has 26 heavy (non-hydrogen) atoms. The van der Waals surface area contributed by atoms with E-state index in [0.717, 1.165) is 0 Å². The molecule has 7 heteroatoms. The van der Waals surface area contributed by atoms with Crippen molar-refractivity contribution < 1.29 is 14.0 Å². The molecule has 3 rings (SSSR count). The maximum absolute atomic E-state index is 12.2. The van der Waals surface area contributed by atoms with Crippen LogP contribution in [0.2, 0.25) is 5.02 Å². The summed E-state index contributed by atoms with van der Waals surface area (Å²) in [5.41, 5.74) is 1.73. The molecule has 3 N–H and O–H groups in total. The summed E-state index contributed by atoms with van der Waals surface area (Å²) in [6.07, 6.45) is 1.42. The second kappa shape index (κ2) is 8.22. The van der Waals surface area contributed by atoms with E-state index in [4.69, 9.17) is 16.0 Å². The molecule has 3 aromatic rings. The number of nitrogens with one attached hydrogen (secondary N) is 3. The van der Waals surface area contributed by atoms with Crippen molar-refractivity contribution in [1.29, 1.82) is 0 Å². The molecule has 0 aliphatic carbocycles. The molecule has 0 aliphatic heterocycles. The van der Waals surface area contributed by atoms with Crippen molar-refractivity contribution >= 4 is 40.5 Å². The monoisotopic (exact) mass is 369 g/mol. The molecule has 0 bridgehead atoms. The van der Waals surface area contributed by atoms with Gasteiger partial charge < -0.3 is 20.4 Å². The van der Waals surface area contributed by atoms with Gasteiger partial charge in [-0.1, -0.05) is 29.8 Å². The van der Waals surface area contributed by atoms with E-state index < -0.39 is 5.91 Å². The van der Waals surface area contributed by atoms with Gasteiger partial charge in [-0.15, -0.1) is 0 Å². The predicted molar refractivity (Wildman–Crippen MR) is 102 cm³/mol. The first-order valence-electron chi connectivity index (χ1n) is 7.85. The molecular formula is C19H16ClN3O3. The molecule has 0 saturated heterocycles. The van der Waals surface area contributed by atoms with Crippen LogP contribution in [0.4, 0.5) is 17.1 Å². The van der Waals surface area contributed by atoms with Gasteiger partial charge in [0.15, 0.2) is 5.76 Å². The van der Waals surface area contributed by atoms with Crippen LogP contribution in [0.1, 0.15) is 10.6 Å². The van der Waals surface area contributed by atoms with E-state index in [1.54, 1.807) is 42.5 Å². The fourth-order valence-electron chi connectivity index (χ4n) is 2.27. The summed E-state index contributed by atoms with van der Waals surface area (Å²) in [6, 6.07) is 17.3. The molecule has 0 atom stereocenters. The summed E-state index contributed by atoms with van der Waals surface area (Å²) < 4.78 is 5.07. The normalized spacial score (nSPS) is 10.2. The van der Waals surface area contributed by atoms with Crippen LogP contribution in [-0.2, 0) is 4.79 Å². The Morgan fingerprint density at radius 2 is 1.73 bits per heavy atom. The minimum atomic E-state index is -0.408. The summed E-state index contributed by atoms with van der Waals surface area (Å²) in [5.74, 6) is -0.443. The number of hydrogen-bond acceptors (Lipinski definition) is 4. The first kappa shape index (κ1) is 17.6. The third-order valence-electron chi connectivity index (χ3n) is 3.47. The summed E-state index contributed by atoms with van der Waals surface area (Å²) in [5, 5.41) is 8.94. The smallest absolute Gasteiger partial charge is 0.291 e. The minimum absolute atomic E-state index is 0.0279. The largest absolute Gasteiger partial charge is 0.459 e.